The highest BCUT2D eigenvalue weighted by atomic mass is 16.6. The number of para-hydroxylation sites is 2. The van der Waals surface area contributed by atoms with Crippen LogP contribution < -0.4 is 10.1 Å². The van der Waals surface area contributed by atoms with E-state index in [1.54, 1.807) is 26.0 Å². The lowest BCUT2D eigenvalue weighted by molar-refractivity contribution is -0.386. The average Bonchev–Trinajstić information content (AvgIpc) is 2.38. The first-order valence-electron chi connectivity index (χ1n) is 6.68. The molecule has 2 N–H and O–H groups in total. The van der Waals surface area contributed by atoms with Crippen LogP contribution in [0.3, 0.4) is 0 Å². The Bertz CT molecular complexity index is 520. The van der Waals surface area contributed by atoms with Crippen molar-refractivity contribution in [2.75, 3.05) is 6.54 Å². The summed E-state index contributed by atoms with van der Waals surface area (Å²) >= 11 is 0. The van der Waals surface area contributed by atoms with E-state index in [9.17, 15) is 20.0 Å². The fourth-order valence-corrected chi connectivity index (χ4v) is 2.17. The molecular formula is C14H20N2O5. The smallest absolute Gasteiger partial charge is 0.323 e. The van der Waals surface area contributed by atoms with Crippen molar-refractivity contribution in [3.63, 3.8) is 0 Å². The molecule has 0 aliphatic rings. The van der Waals surface area contributed by atoms with E-state index in [0.717, 1.165) is 0 Å². The van der Waals surface area contributed by atoms with Crippen molar-refractivity contribution in [3.05, 3.63) is 34.4 Å². The quantitative estimate of drug-likeness (QED) is 0.563. The molecule has 1 aromatic rings. The Labute approximate surface area is 123 Å². The van der Waals surface area contributed by atoms with Crippen molar-refractivity contribution < 1.29 is 19.6 Å². The topological polar surface area (TPSA) is 102 Å². The molecule has 0 saturated heterocycles. The molecule has 7 nitrogen and oxygen atoms in total. The molecule has 2 atom stereocenters. The van der Waals surface area contributed by atoms with Gasteiger partial charge in [-0.05, 0) is 26.5 Å². The zero-order valence-electron chi connectivity index (χ0n) is 12.3. The summed E-state index contributed by atoms with van der Waals surface area (Å²) in [4.78, 5) is 21.7. The minimum absolute atomic E-state index is 0.134. The normalized spacial score (nSPS) is 15.0. The van der Waals surface area contributed by atoms with Crippen molar-refractivity contribution in [1.82, 2.24) is 5.32 Å². The van der Waals surface area contributed by atoms with Gasteiger partial charge in [-0.3, -0.25) is 14.9 Å². The molecule has 2 unspecified atom stereocenters. The molecule has 0 aromatic heterocycles. The number of nitro benzene ring substituents is 1. The van der Waals surface area contributed by atoms with E-state index >= 15 is 0 Å². The molecule has 0 aliphatic carbocycles. The molecule has 21 heavy (non-hydrogen) atoms. The third kappa shape index (κ3) is 4.42. The zero-order valence-corrected chi connectivity index (χ0v) is 12.3. The number of carbonyl (C=O) groups is 1. The highest BCUT2D eigenvalue weighted by molar-refractivity contribution is 5.78. The Morgan fingerprint density at radius 2 is 2.14 bits per heavy atom. The van der Waals surface area contributed by atoms with Crippen LogP contribution in [0.1, 0.15) is 27.2 Å². The van der Waals surface area contributed by atoms with Crippen LogP contribution in [0, 0.1) is 10.1 Å². The van der Waals surface area contributed by atoms with Gasteiger partial charge in [0.05, 0.1) is 11.0 Å². The van der Waals surface area contributed by atoms with E-state index in [4.69, 9.17) is 4.74 Å². The third-order valence-electron chi connectivity index (χ3n) is 3.12. The van der Waals surface area contributed by atoms with Crippen molar-refractivity contribution in [1.29, 1.82) is 0 Å². The molecule has 0 bridgehead atoms. The molecule has 116 valence electrons. The number of ether oxygens (including phenoxy) is 1. The van der Waals surface area contributed by atoms with Crippen molar-refractivity contribution in [2.24, 2.45) is 0 Å². The van der Waals surface area contributed by atoms with E-state index in [1.165, 1.54) is 12.1 Å². The van der Waals surface area contributed by atoms with Crippen molar-refractivity contribution in [3.8, 4) is 5.75 Å². The SMILES string of the molecule is CCNC(C)(CC(C)Oc1ccccc1[N+](=O)[O-])C(=O)O. The van der Waals surface area contributed by atoms with Gasteiger partial charge >= 0.3 is 11.7 Å². The minimum Gasteiger partial charge on any atom is -0.484 e. The van der Waals surface area contributed by atoms with Gasteiger partial charge < -0.3 is 15.2 Å². The van der Waals surface area contributed by atoms with E-state index in [2.05, 4.69) is 5.32 Å². The minimum atomic E-state index is -1.14. The lowest BCUT2D eigenvalue weighted by Crippen LogP contribution is -2.51. The summed E-state index contributed by atoms with van der Waals surface area (Å²) in [5, 5.41) is 23.1. The van der Waals surface area contributed by atoms with Gasteiger partial charge in [-0.25, -0.2) is 0 Å². The number of rotatable bonds is 8. The summed E-state index contributed by atoms with van der Waals surface area (Å²) < 4.78 is 5.55. The van der Waals surface area contributed by atoms with Crippen LogP contribution in [-0.2, 0) is 4.79 Å². The van der Waals surface area contributed by atoms with Crippen LogP contribution in [-0.4, -0.2) is 34.2 Å². The Morgan fingerprint density at radius 3 is 2.67 bits per heavy atom. The fourth-order valence-electron chi connectivity index (χ4n) is 2.17. The highest BCUT2D eigenvalue weighted by Crippen LogP contribution is 2.28. The van der Waals surface area contributed by atoms with Crippen molar-refractivity contribution >= 4 is 11.7 Å². The summed E-state index contributed by atoms with van der Waals surface area (Å²) in [7, 11) is 0. The van der Waals surface area contributed by atoms with Crippen LogP contribution in [0.25, 0.3) is 0 Å². The second-order valence-electron chi connectivity index (χ2n) is 5.03. The number of nitrogens with zero attached hydrogens (tertiary/aromatic N) is 1. The molecule has 0 heterocycles. The van der Waals surface area contributed by atoms with E-state index in [1.807, 2.05) is 6.92 Å². The Morgan fingerprint density at radius 1 is 1.52 bits per heavy atom. The molecular weight excluding hydrogens is 276 g/mol. The second-order valence-corrected chi connectivity index (χ2v) is 5.03. The maximum atomic E-state index is 11.3. The summed E-state index contributed by atoms with van der Waals surface area (Å²) in [6.07, 6.45) is -0.311. The Kier molecular flexibility index (Phi) is 5.66. The molecule has 0 fully saturated rings. The lowest BCUT2D eigenvalue weighted by Gasteiger charge is -2.28. The number of likely N-dealkylation sites (N-methyl/N-ethyl adjacent to an activating group) is 1. The Balaban J connectivity index is 2.84. The zero-order chi connectivity index (χ0) is 16.0. The largest absolute Gasteiger partial charge is 0.484 e. The van der Waals surface area contributed by atoms with Crippen LogP contribution in [0.5, 0.6) is 5.75 Å². The first-order chi connectivity index (χ1) is 9.80. The number of carboxylic acid groups (broad SMARTS) is 1. The van der Waals surface area contributed by atoms with Crippen LogP contribution in [0.15, 0.2) is 24.3 Å². The first kappa shape index (κ1) is 16.9. The molecule has 1 rings (SSSR count). The summed E-state index contributed by atoms with van der Waals surface area (Å²) in [6.45, 7) is 5.57. The molecule has 1 aromatic carbocycles. The summed E-state index contributed by atoms with van der Waals surface area (Å²) in [5.41, 5.74) is -1.28. The number of nitro groups is 1. The molecule has 0 spiro atoms. The number of benzene rings is 1. The molecule has 0 radical (unpaired) electrons. The van der Waals surface area contributed by atoms with Crippen LogP contribution in [0.4, 0.5) is 5.69 Å². The maximum Gasteiger partial charge on any atom is 0.323 e. The third-order valence-corrected chi connectivity index (χ3v) is 3.12. The fraction of sp³-hybridized carbons (Fsp3) is 0.500. The second kappa shape index (κ2) is 7.03. The van der Waals surface area contributed by atoms with Crippen LogP contribution in [0.2, 0.25) is 0 Å². The monoisotopic (exact) mass is 296 g/mol. The van der Waals surface area contributed by atoms with Gasteiger partial charge in [0.2, 0.25) is 0 Å². The van der Waals surface area contributed by atoms with Crippen LogP contribution >= 0.6 is 0 Å². The van der Waals surface area contributed by atoms with Gasteiger partial charge in [0.1, 0.15) is 5.54 Å². The number of hydrogen-bond donors (Lipinski definition) is 2. The van der Waals surface area contributed by atoms with Gasteiger partial charge in [0.15, 0.2) is 5.75 Å². The number of carboxylic acids is 1. The Hall–Kier alpha value is -2.15. The predicted molar refractivity (Wildman–Crippen MR) is 77.5 cm³/mol. The van der Waals surface area contributed by atoms with E-state index < -0.39 is 22.5 Å². The summed E-state index contributed by atoms with van der Waals surface area (Å²) in [5.74, 6) is -0.846. The molecule has 0 saturated carbocycles. The lowest BCUT2D eigenvalue weighted by atomic mass is 9.95. The number of aliphatic carboxylic acids is 1. The standard InChI is InChI=1S/C14H20N2O5/c1-4-15-14(3,13(17)18)9-10(2)21-12-8-6-5-7-11(12)16(19)20/h5-8,10,15H,4,9H2,1-3H3,(H,17,18). The maximum absolute atomic E-state index is 11.3. The van der Waals surface area contributed by atoms with Gasteiger partial charge in [-0.1, -0.05) is 19.1 Å². The predicted octanol–water partition coefficient (Wildman–Crippen LogP) is 2.21. The number of nitrogens with one attached hydrogen (secondary N) is 1. The highest BCUT2D eigenvalue weighted by Gasteiger charge is 2.34. The van der Waals surface area contributed by atoms with E-state index in [-0.39, 0.29) is 17.9 Å². The number of hydrogen-bond acceptors (Lipinski definition) is 5. The van der Waals surface area contributed by atoms with E-state index in [0.29, 0.717) is 6.54 Å². The van der Waals surface area contributed by atoms with Crippen molar-refractivity contribution in [2.45, 2.75) is 38.8 Å². The molecule has 7 heteroatoms. The molecule has 0 amide bonds. The van der Waals surface area contributed by atoms with Gasteiger partial charge in [-0.15, -0.1) is 0 Å². The summed E-state index contributed by atoms with van der Waals surface area (Å²) in [6, 6.07) is 6.04. The first-order valence-corrected chi connectivity index (χ1v) is 6.68. The van der Waals surface area contributed by atoms with Gasteiger partial charge in [0.25, 0.3) is 0 Å². The van der Waals surface area contributed by atoms with Gasteiger partial charge in [-0.2, -0.15) is 0 Å². The van der Waals surface area contributed by atoms with Gasteiger partial charge in [0, 0.05) is 12.5 Å². The molecule has 0 aliphatic heterocycles. The average molecular weight is 296 g/mol.